The Morgan fingerprint density at radius 1 is 1.00 bits per heavy atom. The number of nitrogens with zero attached hydrogens (tertiary/aromatic N) is 2. The van der Waals surface area contributed by atoms with Gasteiger partial charge in [0.2, 0.25) is 0 Å². The van der Waals surface area contributed by atoms with Gasteiger partial charge in [-0.3, -0.25) is 0 Å². The summed E-state index contributed by atoms with van der Waals surface area (Å²) in [5, 5.41) is 18.9. The molecule has 200 valence electrons. The fourth-order valence-electron chi connectivity index (χ4n) is 4.09. The van der Waals surface area contributed by atoms with Crippen LogP contribution in [0.5, 0.6) is 5.75 Å². The minimum absolute atomic E-state index is 0.132. The van der Waals surface area contributed by atoms with E-state index in [0.29, 0.717) is 49.3 Å². The maximum Gasteiger partial charge on any atom is 0.335 e. The third-order valence-corrected chi connectivity index (χ3v) is 7.22. The lowest BCUT2D eigenvalue weighted by Gasteiger charge is -2.11. The Balaban J connectivity index is 1.29. The summed E-state index contributed by atoms with van der Waals surface area (Å²) in [4.78, 5) is 16.6. The Bertz CT molecular complexity index is 1540. The van der Waals surface area contributed by atoms with E-state index in [1.54, 1.807) is 55.5 Å². The van der Waals surface area contributed by atoms with E-state index in [2.05, 4.69) is 10.3 Å². The van der Waals surface area contributed by atoms with Gasteiger partial charge in [-0.15, -0.1) is 0 Å². The van der Waals surface area contributed by atoms with Gasteiger partial charge in [0.15, 0.2) is 0 Å². The number of halogens is 3. The molecule has 1 aliphatic rings. The van der Waals surface area contributed by atoms with Crippen LogP contribution in [-0.2, 0) is 18.1 Å². The number of aromatic carboxylic acids is 1. The Hall–Kier alpha value is -3.52. The molecule has 0 saturated heterocycles. The smallest absolute Gasteiger partial charge is 0.335 e. The Morgan fingerprint density at radius 2 is 1.74 bits per heavy atom. The van der Waals surface area contributed by atoms with Crippen LogP contribution in [0.4, 0.5) is 0 Å². The first kappa shape index (κ1) is 27.1. The van der Waals surface area contributed by atoms with Crippen molar-refractivity contribution in [2.45, 2.75) is 38.9 Å². The van der Waals surface area contributed by atoms with Gasteiger partial charge < -0.3 is 19.2 Å². The number of carboxylic acids is 1. The van der Waals surface area contributed by atoms with E-state index in [0.717, 1.165) is 29.7 Å². The minimum Gasteiger partial charge on any atom is -0.487 e. The van der Waals surface area contributed by atoms with E-state index in [1.807, 2.05) is 6.07 Å². The van der Waals surface area contributed by atoms with Gasteiger partial charge in [-0.05, 0) is 67.8 Å². The van der Waals surface area contributed by atoms with Crippen molar-refractivity contribution in [3.05, 3.63) is 104 Å². The summed E-state index contributed by atoms with van der Waals surface area (Å²) < 4.78 is 11.8. The molecular weight excluding hydrogens is 563 g/mol. The second-order valence-corrected chi connectivity index (χ2v) is 10.4. The molecule has 1 N–H and O–H groups in total. The van der Waals surface area contributed by atoms with Crippen molar-refractivity contribution in [3.63, 3.8) is 0 Å². The van der Waals surface area contributed by atoms with Gasteiger partial charge in [0, 0.05) is 17.0 Å². The summed E-state index contributed by atoms with van der Waals surface area (Å²) in [7, 11) is 0. The molecule has 1 fully saturated rings. The van der Waals surface area contributed by atoms with Gasteiger partial charge in [-0.1, -0.05) is 63.3 Å². The largest absolute Gasteiger partial charge is 0.487 e. The van der Waals surface area contributed by atoms with Crippen molar-refractivity contribution < 1.29 is 24.0 Å². The van der Waals surface area contributed by atoms with Gasteiger partial charge in [-0.25, -0.2) is 4.79 Å². The van der Waals surface area contributed by atoms with Gasteiger partial charge in [-0.2, -0.15) is 0 Å². The monoisotopic (exact) mass is 584 g/mol. The lowest BCUT2D eigenvalue weighted by molar-refractivity contribution is 0.0696. The number of hydrogen-bond acceptors (Lipinski definition) is 6. The van der Waals surface area contributed by atoms with Crippen LogP contribution in [0, 0.1) is 0 Å². The molecule has 10 heteroatoms. The fraction of sp³-hybridized carbons (Fsp3) is 0.207. The summed E-state index contributed by atoms with van der Waals surface area (Å²) in [6.07, 6.45) is 2.05. The third-order valence-electron chi connectivity index (χ3n) is 6.29. The first-order valence-corrected chi connectivity index (χ1v) is 13.3. The van der Waals surface area contributed by atoms with Gasteiger partial charge in [0.05, 0.1) is 31.9 Å². The Morgan fingerprint density at radius 3 is 2.44 bits per heavy atom. The van der Waals surface area contributed by atoms with Crippen LogP contribution in [0.2, 0.25) is 15.1 Å². The Kier molecular flexibility index (Phi) is 8.12. The number of hydrogen-bond donors (Lipinski definition) is 1. The zero-order valence-corrected chi connectivity index (χ0v) is 23.1. The van der Waals surface area contributed by atoms with E-state index in [1.165, 1.54) is 6.07 Å². The SMILES string of the molecule is C/C(=N\OCc1cccc(C(=O)O)c1)c1ccc(OCc2c(-c3c(Cl)cccc3Cl)noc2C2CC2)c(Cl)c1. The third kappa shape index (κ3) is 6.22. The number of carboxylic acid groups (broad SMARTS) is 1. The van der Waals surface area contributed by atoms with Crippen molar-refractivity contribution in [2.75, 3.05) is 0 Å². The van der Waals surface area contributed by atoms with E-state index < -0.39 is 5.97 Å². The average molecular weight is 586 g/mol. The normalized spacial score (nSPS) is 13.4. The lowest BCUT2D eigenvalue weighted by atomic mass is 10.0. The second-order valence-electron chi connectivity index (χ2n) is 9.13. The zero-order chi connectivity index (χ0) is 27.5. The molecule has 39 heavy (non-hydrogen) atoms. The Labute approximate surface area is 239 Å². The van der Waals surface area contributed by atoms with Crippen LogP contribution in [0.1, 0.15) is 58.5 Å². The molecule has 0 aliphatic heterocycles. The molecule has 0 atom stereocenters. The van der Waals surface area contributed by atoms with Crippen molar-refractivity contribution in [2.24, 2.45) is 5.16 Å². The first-order chi connectivity index (χ1) is 18.8. The molecule has 0 spiro atoms. The first-order valence-electron chi connectivity index (χ1n) is 12.2. The van der Waals surface area contributed by atoms with E-state index in [4.69, 9.17) is 54.0 Å². The van der Waals surface area contributed by atoms with E-state index in [-0.39, 0.29) is 18.8 Å². The predicted molar refractivity (Wildman–Crippen MR) is 150 cm³/mol. The van der Waals surface area contributed by atoms with Crippen molar-refractivity contribution in [1.82, 2.24) is 5.16 Å². The molecular formula is C29H23Cl3N2O5. The van der Waals surface area contributed by atoms with Gasteiger partial charge in [0.25, 0.3) is 0 Å². The summed E-state index contributed by atoms with van der Waals surface area (Å²) >= 11 is 19.4. The lowest BCUT2D eigenvalue weighted by Crippen LogP contribution is -2.02. The number of ether oxygens (including phenoxy) is 1. The molecule has 1 saturated carbocycles. The fourth-order valence-corrected chi connectivity index (χ4v) is 4.90. The number of rotatable bonds is 10. The zero-order valence-electron chi connectivity index (χ0n) is 20.8. The van der Waals surface area contributed by atoms with E-state index in [9.17, 15) is 4.79 Å². The molecule has 0 unspecified atom stereocenters. The van der Waals surface area contributed by atoms with Crippen molar-refractivity contribution in [1.29, 1.82) is 0 Å². The summed E-state index contributed by atoms with van der Waals surface area (Å²) in [6, 6.07) is 17.1. The number of aromatic nitrogens is 1. The van der Waals surface area contributed by atoms with Crippen LogP contribution in [0.25, 0.3) is 11.3 Å². The van der Waals surface area contributed by atoms with Crippen LogP contribution in [0.3, 0.4) is 0 Å². The van der Waals surface area contributed by atoms with Crippen LogP contribution in [-0.4, -0.2) is 21.9 Å². The van der Waals surface area contributed by atoms with Gasteiger partial charge in [0.1, 0.15) is 30.4 Å². The number of oxime groups is 1. The second kappa shape index (κ2) is 11.7. The van der Waals surface area contributed by atoms with Gasteiger partial charge >= 0.3 is 5.97 Å². The highest BCUT2D eigenvalue weighted by Crippen LogP contribution is 2.46. The maximum atomic E-state index is 11.1. The molecule has 0 bridgehead atoms. The van der Waals surface area contributed by atoms with Crippen molar-refractivity contribution in [3.8, 4) is 17.0 Å². The van der Waals surface area contributed by atoms with Crippen molar-refractivity contribution >= 4 is 46.5 Å². The molecule has 3 aromatic carbocycles. The summed E-state index contributed by atoms with van der Waals surface area (Å²) in [6.45, 7) is 2.10. The molecule has 4 aromatic rings. The predicted octanol–water partition coefficient (Wildman–Crippen LogP) is 8.40. The highest BCUT2D eigenvalue weighted by Gasteiger charge is 2.33. The highest BCUT2D eigenvalue weighted by molar-refractivity contribution is 6.39. The quantitative estimate of drug-likeness (QED) is 0.148. The molecule has 1 aliphatic carbocycles. The maximum absolute atomic E-state index is 11.1. The standard InChI is InChI=1S/C29H23Cl3N2O5/c1-16(33-38-14-17-4-2-5-20(12-17)29(35)36)19-10-11-25(24(32)13-19)37-15-21-27(34-39-28(21)18-8-9-18)26-22(30)6-3-7-23(26)31/h2-7,10-13,18H,8-9,14-15H2,1H3,(H,35,36)/b33-16+. The topological polar surface area (TPSA) is 94.2 Å². The molecule has 0 radical (unpaired) electrons. The van der Waals surface area contributed by atoms with Crippen LogP contribution < -0.4 is 4.74 Å². The minimum atomic E-state index is -0.995. The summed E-state index contributed by atoms with van der Waals surface area (Å²) in [5.41, 5.74) is 4.21. The molecule has 1 aromatic heterocycles. The number of benzene rings is 3. The highest BCUT2D eigenvalue weighted by atomic mass is 35.5. The van der Waals surface area contributed by atoms with Crippen LogP contribution >= 0.6 is 34.8 Å². The summed E-state index contributed by atoms with van der Waals surface area (Å²) in [5.74, 6) is 0.570. The van der Waals surface area contributed by atoms with Crippen LogP contribution in [0.15, 0.2) is 70.3 Å². The average Bonchev–Trinajstić information content (AvgIpc) is 3.68. The molecule has 5 rings (SSSR count). The molecule has 0 amide bonds. The molecule has 1 heterocycles. The molecule has 7 nitrogen and oxygen atoms in total. The van der Waals surface area contributed by atoms with E-state index >= 15 is 0 Å². The number of carbonyl (C=O) groups is 1.